The number of nitrogens with zero attached hydrogens (tertiary/aromatic N) is 5. The summed E-state index contributed by atoms with van der Waals surface area (Å²) in [6, 6.07) is 3.56. The monoisotopic (exact) mass is 355 g/mol. The van der Waals surface area contributed by atoms with Gasteiger partial charge in [-0.1, -0.05) is 0 Å². The number of likely N-dealkylation sites (tertiary alicyclic amines) is 1. The van der Waals surface area contributed by atoms with Gasteiger partial charge < -0.3 is 14.2 Å². The Morgan fingerprint density at radius 1 is 1.23 bits per heavy atom. The lowest BCUT2D eigenvalue weighted by atomic mass is 9.87. The number of amides is 1. The van der Waals surface area contributed by atoms with Gasteiger partial charge in [0.05, 0.1) is 19.8 Å². The zero-order valence-corrected chi connectivity index (χ0v) is 15.2. The molecular formula is C19H25N5O2. The number of hydrogen-bond donors (Lipinski definition) is 0. The molecule has 7 heteroatoms. The SMILES string of the molecule is Cn1ccnc1CN1CCC2(COCCN(C(=O)c3ccncc3)C2)C1. The second-order valence-electron chi connectivity index (χ2n) is 7.43. The van der Waals surface area contributed by atoms with Crippen molar-refractivity contribution >= 4 is 5.91 Å². The average Bonchev–Trinajstić information content (AvgIpc) is 3.17. The molecule has 2 aliphatic rings. The summed E-state index contributed by atoms with van der Waals surface area (Å²) in [5.74, 6) is 1.14. The van der Waals surface area contributed by atoms with Gasteiger partial charge in [0.2, 0.25) is 0 Å². The van der Waals surface area contributed by atoms with Crippen LogP contribution in [-0.4, -0.2) is 69.6 Å². The highest BCUT2D eigenvalue weighted by molar-refractivity contribution is 5.94. The number of hydrogen-bond acceptors (Lipinski definition) is 5. The molecule has 1 amide bonds. The molecule has 2 fully saturated rings. The summed E-state index contributed by atoms with van der Waals surface area (Å²) in [6.45, 7) is 5.46. The van der Waals surface area contributed by atoms with Crippen LogP contribution in [0.25, 0.3) is 0 Å². The number of ether oxygens (including phenoxy) is 1. The highest BCUT2D eigenvalue weighted by Gasteiger charge is 2.42. The van der Waals surface area contributed by atoms with E-state index in [0.29, 0.717) is 25.3 Å². The van der Waals surface area contributed by atoms with E-state index in [2.05, 4.69) is 19.4 Å². The lowest BCUT2D eigenvalue weighted by Gasteiger charge is -2.32. The van der Waals surface area contributed by atoms with Crippen LogP contribution in [0.3, 0.4) is 0 Å². The van der Waals surface area contributed by atoms with Gasteiger partial charge in [-0.05, 0) is 25.1 Å². The molecule has 138 valence electrons. The Morgan fingerprint density at radius 3 is 2.85 bits per heavy atom. The molecule has 4 rings (SSSR count). The maximum Gasteiger partial charge on any atom is 0.254 e. The summed E-state index contributed by atoms with van der Waals surface area (Å²) in [5.41, 5.74) is 0.699. The maximum absolute atomic E-state index is 12.9. The summed E-state index contributed by atoms with van der Waals surface area (Å²) in [5, 5.41) is 0. The van der Waals surface area contributed by atoms with Gasteiger partial charge in [0, 0.05) is 62.4 Å². The molecule has 1 spiro atoms. The third kappa shape index (κ3) is 3.50. The first-order valence-electron chi connectivity index (χ1n) is 9.11. The Morgan fingerprint density at radius 2 is 2.08 bits per heavy atom. The molecule has 26 heavy (non-hydrogen) atoms. The molecule has 2 aliphatic heterocycles. The smallest absolute Gasteiger partial charge is 0.254 e. The van der Waals surface area contributed by atoms with Crippen LogP contribution in [0, 0.1) is 5.41 Å². The second-order valence-corrected chi connectivity index (χ2v) is 7.43. The molecule has 1 atom stereocenters. The second kappa shape index (κ2) is 7.17. The normalized spacial score (nSPS) is 24.1. The van der Waals surface area contributed by atoms with Crippen LogP contribution in [-0.2, 0) is 18.3 Å². The van der Waals surface area contributed by atoms with Crippen molar-refractivity contribution in [1.29, 1.82) is 0 Å². The summed E-state index contributed by atoms with van der Waals surface area (Å²) < 4.78 is 7.97. The van der Waals surface area contributed by atoms with E-state index < -0.39 is 0 Å². The Kier molecular flexibility index (Phi) is 4.74. The van der Waals surface area contributed by atoms with Crippen LogP contribution in [0.5, 0.6) is 0 Å². The van der Waals surface area contributed by atoms with Gasteiger partial charge >= 0.3 is 0 Å². The maximum atomic E-state index is 12.9. The quantitative estimate of drug-likeness (QED) is 0.827. The zero-order chi connectivity index (χ0) is 18.0. The van der Waals surface area contributed by atoms with Crippen LogP contribution in [0.15, 0.2) is 36.9 Å². The third-order valence-corrected chi connectivity index (χ3v) is 5.46. The molecule has 2 aromatic heterocycles. The number of aromatic nitrogens is 3. The van der Waals surface area contributed by atoms with Crippen molar-refractivity contribution in [2.45, 2.75) is 13.0 Å². The van der Waals surface area contributed by atoms with Crippen LogP contribution in [0.2, 0.25) is 0 Å². The summed E-state index contributed by atoms with van der Waals surface area (Å²) in [4.78, 5) is 25.7. The van der Waals surface area contributed by atoms with Gasteiger partial charge in [0.25, 0.3) is 5.91 Å². The molecule has 7 nitrogen and oxygen atoms in total. The van der Waals surface area contributed by atoms with Crippen molar-refractivity contribution in [3.8, 4) is 0 Å². The van der Waals surface area contributed by atoms with E-state index >= 15 is 0 Å². The van der Waals surface area contributed by atoms with E-state index in [4.69, 9.17) is 4.74 Å². The van der Waals surface area contributed by atoms with Gasteiger partial charge in [-0.2, -0.15) is 0 Å². The third-order valence-electron chi connectivity index (χ3n) is 5.46. The van der Waals surface area contributed by atoms with Crippen molar-refractivity contribution < 1.29 is 9.53 Å². The summed E-state index contributed by atoms with van der Waals surface area (Å²) in [6.07, 6.45) is 8.19. The lowest BCUT2D eigenvalue weighted by Crippen LogP contribution is -2.43. The van der Waals surface area contributed by atoms with Crippen LogP contribution >= 0.6 is 0 Å². The zero-order valence-electron chi connectivity index (χ0n) is 15.2. The van der Waals surface area contributed by atoms with Crippen molar-refractivity contribution in [2.24, 2.45) is 12.5 Å². The van der Waals surface area contributed by atoms with E-state index in [-0.39, 0.29) is 11.3 Å². The lowest BCUT2D eigenvalue weighted by molar-refractivity contribution is 0.0642. The standard InChI is InChI=1S/C19H25N5O2/c1-22-9-7-21-17(22)12-23-8-4-19(13-23)14-24(10-11-26-15-19)18(25)16-2-5-20-6-3-16/h2-3,5-7,9H,4,8,10-15H2,1H3. The Bertz CT molecular complexity index is 762. The van der Waals surface area contributed by atoms with Gasteiger partial charge in [0.15, 0.2) is 0 Å². The van der Waals surface area contributed by atoms with E-state index in [0.717, 1.165) is 38.4 Å². The first-order valence-corrected chi connectivity index (χ1v) is 9.11. The minimum absolute atomic E-state index is 0.00432. The van der Waals surface area contributed by atoms with E-state index in [9.17, 15) is 4.79 Å². The minimum atomic E-state index is 0.00432. The fraction of sp³-hybridized carbons (Fsp3) is 0.526. The van der Waals surface area contributed by atoms with E-state index in [1.807, 2.05) is 24.3 Å². The highest BCUT2D eigenvalue weighted by Crippen LogP contribution is 2.34. The molecule has 2 saturated heterocycles. The van der Waals surface area contributed by atoms with Crippen molar-refractivity contribution in [2.75, 3.05) is 39.4 Å². The fourth-order valence-corrected chi connectivity index (χ4v) is 4.00. The van der Waals surface area contributed by atoms with E-state index in [1.165, 1.54) is 0 Å². The number of pyridine rings is 1. The molecule has 0 N–H and O–H groups in total. The number of rotatable bonds is 3. The highest BCUT2D eigenvalue weighted by atomic mass is 16.5. The Labute approximate surface area is 153 Å². The molecule has 0 radical (unpaired) electrons. The number of carbonyl (C=O) groups is 1. The number of aryl methyl sites for hydroxylation is 1. The largest absolute Gasteiger partial charge is 0.379 e. The predicted molar refractivity (Wildman–Crippen MR) is 96.5 cm³/mol. The summed E-state index contributed by atoms with van der Waals surface area (Å²) >= 11 is 0. The molecule has 4 heterocycles. The Balaban J connectivity index is 1.46. The molecule has 0 saturated carbocycles. The number of carbonyl (C=O) groups excluding carboxylic acids is 1. The first-order chi connectivity index (χ1) is 12.7. The van der Waals surface area contributed by atoms with Gasteiger partial charge in [-0.25, -0.2) is 4.98 Å². The molecule has 1 unspecified atom stereocenters. The Hall–Kier alpha value is -2.25. The average molecular weight is 355 g/mol. The molecule has 0 aliphatic carbocycles. The van der Waals surface area contributed by atoms with Crippen LogP contribution in [0.4, 0.5) is 0 Å². The minimum Gasteiger partial charge on any atom is -0.379 e. The molecule has 0 bridgehead atoms. The number of imidazole rings is 1. The summed E-state index contributed by atoms with van der Waals surface area (Å²) in [7, 11) is 2.03. The first kappa shape index (κ1) is 17.2. The molecular weight excluding hydrogens is 330 g/mol. The topological polar surface area (TPSA) is 63.5 Å². The fourth-order valence-electron chi connectivity index (χ4n) is 4.00. The molecule has 0 aromatic carbocycles. The van der Waals surface area contributed by atoms with Gasteiger partial charge in [-0.3, -0.25) is 14.7 Å². The molecule has 2 aromatic rings. The van der Waals surface area contributed by atoms with Gasteiger partial charge in [0.1, 0.15) is 5.82 Å². The van der Waals surface area contributed by atoms with Crippen molar-refractivity contribution in [1.82, 2.24) is 24.3 Å². The van der Waals surface area contributed by atoms with Crippen LogP contribution in [0.1, 0.15) is 22.6 Å². The predicted octanol–water partition coefficient (Wildman–Crippen LogP) is 1.18. The van der Waals surface area contributed by atoms with Gasteiger partial charge in [-0.15, -0.1) is 0 Å². The van der Waals surface area contributed by atoms with E-state index in [1.54, 1.807) is 24.5 Å². The van der Waals surface area contributed by atoms with Crippen molar-refractivity contribution in [3.63, 3.8) is 0 Å². The van der Waals surface area contributed by atoms with Crippen LogP contribution < -0.4 is 0 Å². The van der Waals surface area contributed by atoms with Crippen molar-refractivity contribution in [3.05, 3.63) is 48.3 Å².